The number of rotatable bonds is 6. The second kappa shape index (κ2) is 6.47. The molecular formula is C14H20N4O3. The summed E-state index contributed by atoms with van der Waals surface area (Å²) in [6.45, 7) is 0. The molecule has 1 aromatic carbocycles. The highest BCUT2D eigenvalue weighted by Gasteiger charge is 2.22. The molecule has 1 heterocycles. The SMILES string of the molecule is COc1cc(OC)c(C(NN)c2ccnn2C)cc1OC. The fraction of sp³-hybridized carbons (Fsp3) is 0.357. The third-order valence-electron chi connectivity index (χ3n) is 3.37. The molecule has 0 spiro atoms. The van der Waals surface area contributed by atoms with Crippen molar-refractivity contribution in [2.24, 2.45) is 12.9 Å². The van der Waals surface area contributed by atoms with E-state index in [1.54, 1.807) is 38.3 Å². The predicted molar refractivity (Wildman–Crippen MR) is 78.5 cm³/mol. The number of aryl methyl sites for hydroxylation is 1. The van der Waals surface area contributed by atoms with Gasteiger partial charge in [0.15, 0.2) is 11.5 Å². The van der Waals surface area contributed by atoms with Crippen molar-refractivity contribution in [3.63, 3.8) is 0 Å². The molecule has 0 aliphatic heterocycles. The predicted octanol–water partition coefficient (Wildman–Crippen LogP) is 0.999. The molecule has 1 atom stereocenters. The van der Waals surface area contributed by atoms with Crippen molar-refractivity contribution in [3.05, 3.63) is 35.7 Å². The van der Waals surface area contributed by atoms with E-state index in [1.165, 1.54) is 0 Å². The first-order valence-corrected chi connectivity index (χ1v) is 6.40. The van der Waals surface area contributed by atoms with Crippen LogP contribution in [0.1, 0.15) is 17.3 Å². The average molecular weight is 292 g/mol. The summed E-state index contributed by atoms with van der Waals surface area (Å²) < 4.78 is 17.8. The minimum atomic E-state index is -0.285. The minimum Gasteiger partial charge on any atom is -0.496 e. The van der Waals surface area contributed by atoms with Gasteiger partial charge in [-0.1, -0.05) is 0 Å². The van der Waals surface area contributed by atoms with Gasteiger partial charge >= 0.3 is 0 Å². The molecule has 1 unspecified atom stereocenters. The van der Waals surface area contributed by atoms with E-state index in [2.05, 4.69) is 10.5 Å². The van der Waals surface area contributed by atoms with Gasteiger partial charge in [0.25, 0.3) is 0 Å². The number of ether oxygens (including phenoxy) is 3. The van der Waals surface area contributed by atoms with Crippen molar-refractivity contribution in [3.8, 4) is 17.2 Å². The van der Waals surface area contributed by atoms with Crippen molar-refractivity contribution >= 4 is 0 Å². The number of hydrazine groups is 1. The van der Waals surface area contributed by atoms with E-state index < -0.39 is 0 Å². The third kappa shape index (κ3) is 2.79. The molecule has 0 aliphatic rings. The molecule has 3 N–H and O–H groups in total. The van der Waals surface area contributed by atoms with Gasteiger partial charge in [-0.3, -0.25) is 10.5 Å². The minimum absolute atomic E-state index is 0.285. The van der Waals surface area contributed by atoms with Crippen LogP contribution >= 0.6 is 0 Å². The van der Waals surface area contributed by atoms with E-state index in [-0.39, 0.29) is 6.04 Å². The molecule has 7 nitrogen and oxygen atoms in total. The molecular weight excluding hydrogens is 272 g/mol. The Morgan fingerprint density at radius 1 is 1.10 bits per heavy atom. The molecule has 2 aromatic rings. The zero-order chi connectivity index (χ0) is 15.4. The van der Waals surface area contributed by atoms with Crippen molar-refractivity contribution < 1.29 is 14.2 Å². The van der Waals surface area contributed by atoms with Crippen LogP contribution in [0.25, 0.3) is 0 Å². The van der Waals surface area contributed by atoms with Crippen LogP contribution in [0.15, 0.2) is 24.4 Å². The first kappa shape index (κ1) is 15.1. The molecule has 0 bridgehead atoms. The number of nitrogens with one attached hydrogen (secondary N) is 1. The van der Waals surface area contributed by atoms with Crippen molar-refractivity contribution in [1.82, 2.24) is 15.2 Å². The summed E-state index contributed by atoms with van der Waals surface area (Å²) in [7, 11) is 6.62. The number of hydrogen-bond donors (Lipinski definition) is 2. The quantitative estimate of drug-likeness (QED) is 0.610. The molecule has 0 amide bonds. The topological polar surface area (TPSA) is 83.6 Å². The highest BCUT2D eigenvalue weighted by atomic mass is 16.5. The van der Waals surface area contributed by atoms with Gasteiger partial charge in [0.05, 0.1) is 33.1 Å². The van der Waals surface area contributed by atoms with Gasteiger partial charge in [-0.25, -0.2) is 5.43 Å². The number of nitrogens with two attached hydrogens (primary N) is 1. The Labute approximate surface area is 123 Å². The van der Waals surface area contributed by atoms with Crippen molar-refractivity contribution in [2.75, 3.05) is 21.3 Å². The number of hydrogen-bond acceptors (Lipinski definition) is 6. The number of aromatic nitrogens is 2. The summed E-state index contributed by atoms with van der Waals surface area (Å²) in [6.07, 6.45) is 1.72. The summed E-state index contributed by atoms with van der Waals surface area (Å²) >= 11 is 0. The zero-order valence-electron chi connectivity index (χ0n) is 12.6. The molecule has 0 saturated heterocycles. The van der Waals surface area contributed by atoms with Gasteiger partial charge in [0.2, 0.25) is 0 Å². The van der Waals surface area contributed by atoms with E-state index in [0.717, 1.165) is 11.3 Å². The van der Waals surface area contributed by atoms with Gasteiger partial charge in [-0.15, -0.1) is 0 Å². The summed E-state index contributed by atoms with van der Waals surface area (Å²) in [5.41, 5.74) is 4.53. The summed E-state index contributed by atoms with van der Waals surface area (Å²) in [4.78, 5) is 0. The second-order valence-electron chi connectivity index (χ2n) is 4.43. The maximum Gasteiger partial charge on any atom is 0.164 e. The Morgan fingerprint density at radius 2 is 1.71 bits per heavy atom. The van der Waals surface area contributed by atoms with Gasteiger partial charge in [-0.05, 0) is 12.1 Å². The first-order chi connectivity index (χ1) is 10.2. The molecule has 0 radical (unpaired) electrons. The Bertz CT molecular complexity index is 612. The smallest absolute Gasteiger partial charge is 0.164 e. The summed E-state index contributed by atoms with van der Waals surface area (Å²) in [5.74, 6) is 7.58. The Morgan fingerprint density at radius 3 is 2.19 bits per heavy atom. The molecule has 7 heteroatoms. The van der Waals surface area contributed by atoms with Crippen LogP contribution in [0.4, 0.5) is 0 Å². The van der Waals surface area contributed by atoms with E-state index >= 15 is 0 Å². The van der Waals surface area contributed by atoms with Gasteiger partial charge < -0.3 is 14.2 Å². The fourth-order valence-corrected chi connectivity index (χ4v) is 2.28. The monoisotopic (exact) mass is 292 g/mol. The first-order valence-electron chi connectivity index (χ1n) is 6.40. The van der Waals surface area contributed by atoms with Crippen LogP contribution in [-0.4, -0.2) is 31.1 Å². The molecule has 21 heavy (non-hydrogen) atoms. The standard InChI is InChI=1S/C14H20N4O3/c1-18-10(5-6-16-18)14(17-15)9-7-12(20-3)13(21-4)8-11(9)19-2/h5-8,14,17H,15H2,1-4H3. The molecule has 2 rings (SSSR count). The van der Waals surface area contributed by atoms with Crippen LogP contribution in [0, 0.1) is 0 Å². The van der Waals surface area contributed by atoms with Gasteiger partial charge in [-0.2, -0.15) is 5.10 Å². The van der Waals surface area contributed by atoms with Crippen LogP contribution < -0.4 is 25.5 Å². The van der Waals surface area contributed by atoms with E-state index in [4.69, 9.17) is 20.1 Å². The fourth-order valence-electron chi connectivity index (χ4n) is 2.28. The van der Waals surface area contributed by atoms with Gasteiger partial charge in [0, 0.05) is 24.9 Å². The Balaban J connectivity index is 2.57. The number of nitrogens with zero attached hydrogens (tertiary/aromatic N) is 2. The second-order valence-corrected chi connectivity index (χ2v) is 4.43. The number of benzene rings is 1. The van der Waals surface area contributed by atoms with Crippen molar-refractivity contribution in [2.45, 2.75) is 6.04 Å². The van der Waals surface area contributed by atoms with Crippen LogP contribution in [0.2, 0.25) is 0 Å². The third-order valence-corrected chi connectivity index (χ3v) is 3.37. The normalized spacial score (nSPS) is 12.0. The Kier molecular flexibility index (Phi) is 4.66. The molecule has 114 valence electrons. The molecule has 1 aromatic heterocycles. The average Bonchev–Trinajstić information content (AvgIpc) is 2.93. The van der Waals surface area contributed by atoms with E-state index in [0.29, 0.717) is 17.2 Å². The lowest BCUT2D eigenvalue weighted by Gasteiger charge is -2.21. The lowest BCUT2D eigenvalue weighted by Crippen LogP contribution is -2.30. The molecule has 0 saturated carbocycles. The highest BCUT2D eigenvalue weighted by Crippen LogP contribution is 2.38. The lowest BCUT2D eigenvalue weighted by atomic mass is 10.0. The summed E-state index contributed by atoms with van der Waals surface area (Å²) in [6, 6.07) is 5.22. The zero-order valence-corrected chi connectivity index (χ0v) is 12.6. The summed E-state index contributed by atoms with van der Waals surface area (Å²) in [5, 5.41) is 4.17. The van der Waals surface area contributed by atoms with Crippen LogP contribution in [0.5, 0.6) is 17.2 Å². The maximum atomic E-state index is 5.73. The highest BCUT2D eigenvalue weighted by molar-refractivity contribution is 5.53. The van der Waals surface area contributed by atoms with Crippen LogP contribution in [-0.2, 0) is 7.05 Å². The largest absolute Gasteiger partial charge is 0.496 e. The van der Waals surface area contributed by atoms with Crippen molar-refractivity contribution in [1.29, 1.82) is 0 Å². The maximum absolute atomic E-state index is 5.73. The molecule has 0 fully saturated rings. The van der Waals surface area contributed by atoms with E-state index in [1.807, 2.05) is 19.2 Å². The Hall–Kier alpha value is -2.25. The lowest BCUT2D eigenvalue weighted by molar-refractivity contribution is 0.346. The van der Waals surface area contributed by atoms with Gasteiger partial charge in [0.1, 0.15) is 5.75 Å². The van der Waals surface area contributed by atoms with E-state index in [9.17, 15) is 0 Å². The number of methoxy groups -OCH3 is 3. The molecule has 0 aliphatic carbocycles. The van der Waals surface area contributed by atoms with Crippen LogP contribution in [0.3, 0.4) is 0 Å².